The van der Waals surface area contributed by atoms with E-state index >= 15 is 0 Å². The number of rotatable bonds is 4. The Morgan fingerprint density at radius 1 is 1.11 bits per heavy atom. The molecule has 2 heterocycles. The number of anilines is 1. The summed E-state index contributed by atoms with van der Waals surface area (Å²) in [5.74, 6) is 1.56. The largest absolute Gasteiger partial charge is 0.496 e. The van der Waals surface area contributed by atoms with E-state index in [0.717, 1.165) is 50.6 Å². The van der Waals surface area contributed by atoms with Crippen molar-refractivity contribution in [2.24, 2.45) is 0 Å². The number of nitrogens with one attached hydrogen (secondary N) is 1. The third kappa shape index (κ3) is 3.99. The van der Waals surface area contributed by atoms with Crippen molar-refractivity contribution in [3.8, 4) is 22.6 Å². The van der Waals surface area contributed by atoms with Crippen LogP contribution in [0.15, 0.2) is 60.7 Å². The van der Waals surface area contributed by atoms with Crippen molar-refractivity contribution < 1.29 is 19.4 Å². The zero-order chi connectivity index (χ0) is 24.9. The highest BCUT2D eigenvalue weighted by molar-refractivity contribution is 5.91. The van der Waals surface area contributed by atoms with Gasteiger partial charge < -0.3 is 24.8 Å². The van der Waals surface area contributed by atoms with Gasteiger partial charge in [0.25, 0.3) is 0 Å². The molecule has 1 atom stereocenters. The fourth-order valence-electron chi connectivity index (χ4n) is 5.24. The summed E-state index contributed by atoms with van der Waals surface area (Å²) in [7, 11) is 3.25. The van der Waals surface area contributed by atoms with E-state index in [-0.39, 0.29) is 11.6 Å². The number of hydrogen-bond acceptors (Lipinski definition) is 4. The summed E-state index contributed by atoms with van der Waals surface area (Å²) in [4.78, 5) is 12.5. The molecule has 0 bridgehead atoms. The molecule has 5 rings (SSSR count). The molecule has 2 N–H and O–H groups in total. The van der Waals surface area contributed by atoms with Crippen molar-refractivity contribution in [3.05, 3.63) is 82.9 Å². The molecule has 35 heavy (non-hydrogen) atoms. The van der Waals surface area contributed by atoms with E-state index in [1.807, 2.05) is 42.5 Å². The topological polar surface area (TPSA) is 71.0 Å². The van der Waals surface area contributed by atoms with Crippen LogP contribution in [0.1, 0.15) is 49.1 Å². The van der Waals surface area contributed by atoms with Gasteiger partial charge in [0.1, 0.15) is 11.5 Å². The minimum atomic E-state index is -0.950. The first-order chi connectivity index (χ1) is 16.7. The summed E-state index contributed by atoms with van der Waals surface area (Å²) < 4.78 is 12.4. The number of hydrogen-bond donors (Lipinski definition) is 2. The van der Waals surface area contributed by atoms with E-state index < -0.39 is 6.09 Å². The molecular weight excluding hydrogens is 440 g/mol. The Morgan fingerprint density at radius 2 is 1.86 bits per heavy atom. The molecule has 0 saturated carbocycles. The van der Waals surface area contributed by atoms with Gasteiger partial charge in [-0.05, 0) is 61.2 Å². The standard InChI is InChI=1S/C29H30N2O4/c1-17-15-29(2,3)30-21-14-13-20-25-22(34-5)7-6-8-23(25)35-27(26(20)24(17)21)19-11-9-18(10-12-19)16-31(4)28(32)33/h6-15,27,30H,16H2,1-5H3,(H,32,33). The highest BCUT2D eigenvalue weighted by Crippen LogP contribution is 2.53. The summed E-state index contributed by atoms with van der Waals surface area (Å²) >= 11 is 0. The van der Waals surface area contributed by atoms with Gasteiger partial charge in [0, 0.05) is 30.4 Å². The van der Waals surface area contributed by atoms with Crippen molar-refractivity contribution in [2.75, 3.05) is 19.5 Å². The van der Waals surface area contributed by atoms with Gasteiger partial charge >= 0.3 is 6.09 Å². The maximum Gasteiger partial charge on any atom is 0.407 e. The molecule has 180 valence electrons. The predicted octanol–water partition coefficient (Wildman–Crippen LogP) is 6.56. The molecule has 6 heteroatoms. The number of benzene rings is 3. The summed E-state index contributed by atoms with van der Waals surface area (Å²) in [6.45, 7) is 6.81. The van der Waals surface area contributed by atoms with Crippen LogP contribution in [-0.2, 0) is 6.54 Å². The van der Waals surface area contributed by atoms with Gasteiger partial charge in [0.15, 0.2) is 6.10 Å². The molecule has 3 aromatic rings. The second kappa shape index (κ2) is 8.38. The number of methoxy groups -OCH3 is 1. The lowest BCUT2D eigenvalue weighted by atomic mass is 9.80. The van der Waals surface area contributed by atoms with Gasteiger partial charge in [-0.15, -0.1) is 0 Å². The lowest BCUT2D eigenvalue weighted by Crippen LogP contribution is -2.32. The van der Waals surface area contributed by atoms with E-state index in [1.165, 1.54) is 10.5 Å². The van der Waals surface area contributed by atoms with Crippen LogP contribution in [0, 0.1) is 0 Å². The van der Waals surface area contributed by atoms with Crippen LogP contribution < -0.4 is 14.8 Å². The van der Waals surface area contributed by atoms with Crippen molar-refractivity contribution in [1.82, 2.24) is 4.90 Å². The molecule has 2 aliphatic rings. The van der Waals surface area contributed by atoms with Gasteiger partial charge in [-0.3, -0.25) is 0 Å². The minimum Gasteiger partial charge on any atom is -0.496 e. The van der Waals surface area contributed by atoms with E-state index in [4.69, 9.17) is 9.47 Å². The number of carboxylic acid groups (broad SMARTS) is 1. The molecule has 3 aromatic carbocycles. The molecule has 0 aromatic heterocycles. The Labute approximate surface area is 205 Å². The smallest absolute Gasteiger partial charge is 0.407 e. The van der Waals surface area contributed by atoms with Crippen LogP contribution in [0.5, 0.6) is 11.5 Å². The maximum absolute atomic E-state index is 11.2. The molecule has 1 unspecified atom stereocenters. The molecule has 0 radical (unpaired) electrons. The van der Waals surface area contributed by atoms with Gasteiger partial charge in [-0.2, -0.15) is 0 Å². The Balaban J connectivity index is 1.67. The van der Waals surface area contributed by atoms with Crippen LogP contribution in [0.2, 0.25) is 0 Å². The highest BCUT2D eigenvalue weighted by atomic mass is 16.5. The second-order valence-electron chi connectivity index (χ2n) is 9.83. The van der Waals surface area contributed by atoms with Gasteiger partial charge in [0.2, 0.25) is 0 Å². The van der Waals surface area contributed by atoms with Gasteiger partial charge in [0.05, 0.1) is 18.2 Å². The Kier molecular flexibility index (Phi) is 5.47. The van der Waals surface area contributed by atoms with Crippen LogP contribution in [0.3, 0.4) is 0 Å². The fraction of sp³-hybridized carbons (Fsp3) is 0.276. The molecule has 0 fully saturated rings. The normalized spacial score (nSPS) is 17.1. The summed E-state index contributed by atoms with van der Waals surface area (Å²) in [5.41, 5.74) is 8.37. The number of fused-ring (bicyclic) bond motifs is 5. The summed E-state index contributed by atoms with van der Waals surface area (Å²) in [6.07, 6.45) is 0.987. The average molecular weight is 471 g/mol. The first-order valence-corrected chi connectivity index (χ1v) is 11.7. The molecule has 2 aliphatic heterocycles. The van der Waals surface area contributed by atoms with Gasteiger partial charge in [-0.25, -0.2) is 4.79 Å². The number of carbonyl (C=O) groups is 1. The number of amides is 1. The average Bonchev–Trinajstić information content (AvgIpc) is 2.82. The third-order valence-electron chi connectivity index (χ3n) is 6.69. The quantitative estimate of drug-likeness (QED) is 0.452. The van der Waals surface area contributed by atoms with Crippen LogP contribution in [-0.4, -0.2) is 35.8 Å². The van der Waals surface area contributed by atoms with Gasteiger partial charge in [-0.1, -0.05) is 42.5 Å². The molecule has 1 amide bonds. The lowest BCUT2D eigenvalue weighted by molar-refractivity contribution is 0.153. The summed E-state index contributed by atoms with van der Waals surface area (Å²) in [6, 6.07) is 18.2. The van der Waals surface area contributed by atoms with E-state index in [0.29, 0.717) is 6.54 Å². The lowest BCUT2D eigenvalue weighted by Gasteiger charge is -2.37. The molecule has 0 aliphatic carbocycles. The zero-order valence-corrected chi connectivity index (χ0v) is 20.7. The SMILES string of the molecule is COc1cccc2c1-c1ccc3c(c1C(c1ccc(CN(C)C(=O)O)cc1)O2)C(C)=CC(C)(C)N3. The zero-order valence-electron chi connectivity index (χ0n) is 20.7. The Morgan fingerprint density at radius 3 is 2.54 bits per heavy atom. The van der Waals surface area contributed by atoms with E-state index in [1.54, 1.807) is 14.2 Å². The number of nitrogens with zero attached hydrogens (tertiary/aromatic N) is 1. The van der Waals surface area contributed by atoms with Crippen LogP contribution >= 0.6 is 0 Å². The van der Waals surface area contributed by atoms with Crippen molar-refractivity contribution in [3.63, 3.8) is 0 Å². The first kappa shape index (κ1) is 22.8. The molecule has 6 nitrogen and oxygen atoms in total. The Bertz CT molecular complexity index is 1340. The van der Waals surface area contributed by atoms with E-state index in [9.17, 15) is 9.90 Å². The number of allylic oxidation sites excluding steroid dienone is 1. The first-order valence-electron chi connectivity index (χ1n) is 11.7. The molecule has 0 spiro atoms. The van der Waals surface area contributed by atoms with Crippen molar-refractivity contribution >= 4 is 17.4 Å². The number of ether oxygens (including phenoxy) is 2. The predicted molar refractivity (Wildman–Crippen MR) is 138 cm³/mol. The fourth-order valence-corrected chi connectivity index (χ4v) is 5.24. The minimum absolute atomic E-state index is 0.149. The van der Waals surface area contributed by atoms with Crippen molar-refractivity contribution in [1.29, 1.82) is 0 Å². The third-order valence-corrected chi connectivity index (χ3v) is 6.69. The molecular formula is C29H30N2O4. The summed E-state index contributed by atoms with van der Waals surface area (Å²) in [5, 5.41) is 12.9. The van der Waals surface area contributed by atoms with Crippen LogP contribution in [0.4, 0.5) is 10.5 Å². The Hall–Kier alpha value is -3.93. The van der Waals surface area contributed by atoms with E-state index in [2.05, 4.69) is 44.3 Å². The van der Waals surface area contributed by atoms with Crippen molar-refractivity contribution in [2.45, 2.75) is 39.0 Å². The molecule has 0 saturated heterocycles. The van der Waals surface area contributed by atoms with Crippen LogP contribution in [0.25, 0.3) is 16.7 Å². The maximum atomic E-state index is 11.2. The second-order valence-corrected chi connectivity index (χ2v) is 9.83. The monoisotopic (exact) mass is 470 g/mol. The highest BCUT2D eigenvalue weighted by Gasteiger charge is 2.35.